The molecule has 5 heteroatoms. The van der Waals surface area contributed by atoms with E-state index in [4.69, 9.17) is 9.47 Å². The highest BCUT2D eigenvalue weighted by Crippen LogP contribution is 1.96. The number of carbonyl (C=O) groups is 1. The summed E-state index contributed by atoms with van der Waals surface area (Å²) in [6.45, 7) is 7.17. The van der Waals surface area contributed by atoms with E-state index >= 15 is 0 Å². The summed E-state index contributed by atoms with van der Waals surface area (Å²) in [5, 5.41) is 0. The zero-order valence-electron chi connectivity index (χ0n) is 12.9. The van der Waals surface area contributed by atoms with Crippen LogP contribution in [0, 0.1) is 0 Å². The number of rotatable bonds is 9. The van der Waals surface area contributed by atoms with E-state index < -0.39 is 0 Å². The minimum Gasteiger partial charge on any atom is -0.383 e. The van der Waals surface area contributed by atoms with E-state index in [-0.39, 0.29) is 5.91 Å². The van der Waals surface area contributed by atoms with E-state index in [1.165, 1.54) is 0 Å². The van der Waals surface area contributed by atoms with Gasteiger partial charge in [0.25, 0.3) is 0 Å². The van der Waals surface area contributed by atoms with Crippen LogP contribution in [0.3, 0.4) is 0 Å². The lowest BCUT2D eigenvalue weighted by atomic mass is 10.3. The highest BCUT2D eigenvalue weighted by molar-refractivity contribution is 5.76. The van der Waals surface area contributed by atoms with Gasteiger partial charge in [-0.1, -0.05) is 13.8 Å². The number of hydrogen-bond donors (Lipinski definition) is 0. The Bertz CT molecular complexity index is 179. The van der Waals surface area contributed by atoms with Crippen LogP contribution in [0.15, 0.2) is 0 Å². The van der Waals surface area contributed by atoms with Gasteiger partial charge in [-0.05, 0) is 14.1 Å². The quantitative estimate of drug-likeness (QED) is 0.624. The van der Waals surface area contributed by atoms with Crippen LogP contribution in [-0.4, -0.2) is 76.9 Å². The molecular weight excluding hydrogens is 232 g/mol. The van der Waals surface area contributed by atoms with Crippen molar-refractivity contribution in [2.45, 2.75) is 20.3 Å². The first-order valence-electron chi connectivity index (χ1n) is 6.52. The van der Waals surface area contributed by atoms with Gasteiger partial charge < -0.3 is 19.3 Å². The summed E-state index contributed by atoms with van der Waals surface area (Å²) in [5.41, 5.74) is 0. The van der Waals surface area contributed by atoms with Crippen molar-refractivity contribution in [1.82, 2.24) is 9.80 Å². The summed E-state index contributed by atoms with van der Waals surface area (Å²) in [7, 11) is 7.20. The Morgan fingerprint density at radius 3 is 1.72 bits per heavy atom. The maximum Gasteiger partial charge on any atom is 0.224 e. The lowest BCUT2D eigenvalue weighted by Gasteiger charge is -2.22. The zero-order valence-corrected chi connectivity index (χ0v) is 12.9. The predicted molar refractivity (Wildman–Crippen MR) is 74.9 cm³/mol. The summed E-state index contributed by atoms with van der Waals surface area (Å²) < 4.78 is 9.97. The van der Waals surface area contributed by atoms with Crippen molar-refractivity contribution in [2.75, 3.05) is 61.2 Å². The Labute approximate surface area is 112 Å². The van der Waals surface area contributed by atoms with Gasteiger partial charge in [0.1, 0.15) is 0 Å². The first kappa shape index (κ1) is 19.7. The SMILES string of the molecule is CC.COCCN(CCOC)C(=O)CCN(C)C. The second-order valence-corrected chi connectivity index (χ2v) is 3.92. The van der Waals surface area contributed by atoms with Crippen LogP contribution in [0.4, 0.5) is 0 Å². The number of ether oxygens (including phenoxy) is 2. The molecule has 0 aromatic carbocycles. The van der Waals surface area contributed by atoms with Crippen LogP contribution >= 0.6 is 0 Å². The van der Waals surface area contributed by atoms with E-state index in [9.17, 15) is 4.79 Å². The third-order valence-electron chi connectivity index (χ3n) is 2.26. The van der Waals surface area contributed by atoms with Gasteiger partial charge in [0, 0.05) is 40.3 Å². The highest BCUT2D eigenvalue weighted by atomic mass is 16.5. The monoisotopic (exact) mass is 262 g/mol. The lowest BCUT2D eigenvalue weighted by Crippen LogP contribution is -2.37. The normalized spacial score (nSPS) is 9.94. The maximum absolute atomic E-state index is 11.8. The molecule has 0 aliphatic heterocycles. The average Bonchev–Trinajstić information content (AvgIpc) is 2.38. The van der Waals surface area contributed by atoms with Gasteiger partial charge in [0.2, 0.25) is 5.91 Å². The Hall–Kier alpha value is -0.650. The molecule has 0 aromatic heterocycles. The van der Waals surface area contributed by atoms with Crippen LogP contribution in [0.25, 0.3) is 0 Å². The number of amides is 1. The van der Waals surface area contributed by atoms with Gasteiger partial charge in [-0.25, -0.2) is 0 Å². The van der Waals surface area contributed by atoms with Gasteiger partial charge in [0.15, 0.2) is 0 Å². The van der Waals surface area contributed by atoms with Crippen molar-refractivity contribution in [3.63, 3.8) is 0 Å². The summed E-state index contributed by atoms with van der Waals surface area (Å²) in [4.78, 5) is 15.6. The van der Waals surface area contributed by atoms with Crippen molar-refractivity contribution in [2.24, 2.45) is 0 Å². The van der Waals surface area contributed by atoms with Crippen molar-refractivity contribution in [3.8, 4) is 0 Å². The molecule has 0 saturated heterocycles. The third-order valence-corrected chi connectivity index (χ3v) is 2.26. The summed E-state index contributed by atoms with van der Waals surface area (Å²) in [6.07, 6.45) is 0.542. The Balaban J connectivity index is 0. The fourth-order valence-electron chi connectivity index (χ4n) is 1.24. The van der Waals surface area contributed by atoms with Gasteiger partial charge in [-0.15, -0.1) is 0 Å². The minimum absolute atomic E-state index is 0.155. The third kappa shape index (κ3) is 11.8. The standard InChI is InChI=1S/C11H24N2O3.C2H6/c1-12(2)6-5-11(14)13(7-9-15-3)8-10-16-4;1-2/h5-10H2,1-4H3;1-2H3. The molecule has 0 fully saturated rings. The number of hydrogen-bond acceptors (Lipinski definition) is 4. The molecule has 0 aliphatic carbocycles. The van der Waals surface area contributed by atoms with Crippen molar-refractivity contribution < 1.29 is 14.3 Å². The smallest absolute Gasteiger partial charge is 0.224 e. The minimum atomic E-state index is 0.155. The molecule has 0 aliphatic rings. The fraction of sp³-hybridized carbons (Fsp3) is 0.923. The van der Waals surface area contributed by atoms with E-state index in [1.807, 2.05) is 32.8 Å². The summed E-state index contributed by atoms with van der Waals surface area (Å²) in [5.74, 6) is 0.155. The average molecular weight is 262 g/mol. The second kappa shape index (κ2) is 14.4. The molecule has 5 nitrogen and oxygen atoms in total. The molecule has 0 radical (unpaired) electrons. The van der Waals surface area contributed by atoms with Crippen LogP contribution in [0.5, 0.6) is 0 Å². The number of nitrogens with zero attached hydrogens (tertiary/aromatic N) is 2. The van der Waals surface area contributed by atoms with E-state index in [0.29, 0.717) is 32.7 Å². The molecule has 0 heterocycles. The molecule has 1 amide bonds. The molecule has 0 aromatic rings. The molecule has 0 spiro atoms. The number of methoxy groups -OCH3 is 2. The molecule has 0 bridgehead atoms. The molecule has 0 saturated carbocycles. The zero-order chi connectivity index (χ0) is 14.4. The van der Waals surface area contributed by atoms with Crippen LogP contribution in [0.1, 0.15) is 20.3 Å². The summed E-state index contributed by atoms with van der Waals surface area (Å²) in [6, 6.07) is 0. The lowest BCUT2D eigenvalue weighted by molar-refractivity contribution is -0.132. The molecule has 18 heavy (non-hydrogen) atoms. The highest BCUT2D eigenvalue weighted by Gasteiger charge is 2.12. The van der Waals surface area contributed by atoms with Gasteiger partial charge in [-0.2, -0.15) is 0 Å². The van der Waals surface area contributed by atoms with Gasteiger partial charge in [0.05, 0.1) is 13.2 Å². The maximum atomic E-state index is 11.8. The molecule has 0 atom stereocenters. The van der Waals surface area contributed by atoms with E-state index in [1.54, 1.807) is 19.1 Å². The Morgan fingerprint density at radius 1 is 0.944 bits per heavy atom. The van der Waals surface area contributed by atoms with Crippen LogP contribution in [0.2, 0.25) is 0 Å². The van der Waals surface area contributed by atoms with Crippen molar-refractivity contribution in [1.29, 1.82) is 0 Å². The largest absolute Gasteiger partial charge is 0.383 e. The predicted octanol–water partition coefficient (Wildman–Crippen LogP) is 1.09. The molecule has 110 valence electrons. The van der Waals surface area contributed by atoms with Crippen LogP contribution in [-0.2, 0) is 14.3 Å². The number of carbonyl (C=O) groups excluding carboxylic acids is 1. The topological polar surface area (TPSA) is 42.0 Å². The second-order valence-electron chi connectivity index (χ2n) is 3.92. The Morgan fingerprint density at radius 2 is 1.39 bits per heavy atom. The van der Waals surface area contributed by atoms with Crippen molar-refractivity contribution >= 4 is 5.91 Å². The van der Waals surface area contributed by atoms with Gasteiger partial charge >= 0.3 is 0 Å². The Kier molecular flexibility index (Phi) is 15.8. The molecule has 0 unspecified atom stereocenters. The molecule has 0 rings (SSSR count). The fourth-order valence-corrected chi connectivity index (χ4v) is 1.24. The van der Waals surface area contributed by atoms with E-state index in [0.717, 1.165) is 6.54 Å². The van der Waals surface area contributed by atoms with E-state index in [2.05, 4.69) is 0 Å². The van der Waals surface area contributed by atoms with Gasteiger partial charge in [-0.3, -0.25) is 4.79 Å². The first-order valence-corrected chi connectivity index (χ1v) is 6.52. The van der Waals surface area contributed by atoms with Crippen LogP contribution < -0.4 is 0 Å². The molecule has 0 N–H and O–H groups in total. The summed E-state index contributed by atoms with van der Waals surface area (Å²) >= 11 is 0. The van der Waals surface area contributed by atoms with Crippen molar-refractivity contribution in [3.05, 3.63) is 0 Å². The molecular formula is C13H30N2O3. The first-order chi connectivity index (χ1) is 8.61.